The fraction of sp³-hybridized carbons (Fsp3) is 0. The van der Waals surface area contributed by atoms with Crippen molar-refractivity contribution in [1.82, 2.24) is 4.98 Å². The molecule has 16 heavy (non-hydrogen) atoms. The van der Waals surface area contributed by atoms with Gasteiger partial charge in [0.15, 0.2) is 0 Å². The monoisotopic (exact) mass is 229 g/mol. The predicted molar refractivity (Wildman–Crippen MR) is 64.1 cm³/mol. The third-order valence-corrected chi connectivity index (χ3v) is 3.50. The number of rotatable bonds is 1. The highest BCUT2D eigenvalue weighted by atomic mass is 32.1. The number of para-hydroxylation sites is 1. The van der Waals surface area contributed by atoms with Gasteiger partial charge in [-0.3, -0.25) is 4.98 Å². The zero-order valence-electron chi connectivity index (χ0n) is 8.18. The van der Waals surface area contributed by atoms with E-state index in [4.69, 9.17) is 5.11 Å². The van der Waals surface area contributed by atoms with Crippen LogP contribution >= 0.6 is 11.3 Å². The van der Waals surface area contributed by atoms with Crippen LogP contribution in [0.3, 0.4) is 0 Å². The molecule has 1 aromatic carbocycles. The zero-order chi connectivity index (χ0) is 11.1. The van der Waals surface area contributed by atoms with Gasteiger partial charge in [0, 0.05) is 21.7 Å². The second-order valence-corrected chi connectivity index (χ2v) is 4.39. The van der Waals surface area contributed by atoms with Gasteiger partial charge in [0.1, 0.15) is 0 Å². The Bertz CT molecular complexity index is 702. The quantitative estimate of drug-likeness (QED) is 0.697. The van der Waals surface area contributed by atoms with Crippen LogP contribution in [-0.4, -0.2) is 16.1 Å². The van der Waals surface area contributed by atoms with E-state index in [0.29, 0.717) is 5.52 Å². The summed E-state index contributed by atoms with van der Waals surface area (Å²) in [6.07, 6.45) is 1.72. The van der Waals surface area contributed by atoms with Gasteiger partial charge >= 0.3 is 5.97 Å². The maximum absolute atomic E-state index is 11.1. The Hall–Kier alpha value is -1.94. The molecule has 3 rings (SSSR count). The lowest BCUT2D eigenvalue weighted by atomic mass is 10.1. The molecule has 3 aromatic rings. The van der Waals surface area contributed by atoms with Gasteiger partial charge in [-0.05, 0) is 17.5 Å². The normalized spacial score (nSPS) is 11.0. The highest BCUT2D eigenvalue weighted by Gasteiger charge is 2.11. The van der Waals surface area contributed by atoms with E-state index >= 15 is 0 Å². The molecule has 0 saturated carbocycles. The van der Waals surface area contributed by atoms with Crippen molar-refractivity contribution in [2.75, 3.05) is 0 Å². The van der Waals surface area contributed by atoms with Crippen molar-refractivity contribution in [3.63, 3.8) is 0 Å². The highest BCUT2D eigenvalue weighted by molar-refractivity contribution is 7.18. The third kappa shape index (κ3) is 1.20. The maximum atomic E-state index is 11.1. The molecule has 0 atom stereocenters. The van der Waals surface area contributed by atoms with Gasteiger partial charge in [0.2, 0.25) is 0 Å². The fourth-order valence-electron chi connectivity index (χ4n) is 1.81. The van der Waals surface area contributed by atoms with Crippen molar-refractivity contribution >= 4 is 38.3 Å². The number of carboxylic acids is 1. The average molecular weight is 229 g/mol. The van der Waals surface area contributed by atoms with Crippen LogP contribution in [0.2, 0.25) is 0 Å². The number of hydrogen-bond acceptors (Lipinski definition) is 3. The number of thiophene rings is 1. The molecule has 0 bridgehead atoms. The van der Waals surface area contributed by atoms with Gasteiger partial charge in [0.25, 0.3) is 0 Å². The molecule has 4 heteroatoms. The molecule has 0 radical (unpaired) electrons. The number of aromatic nitrogens is 1. The second-order valence-electron chi connectivity index (χ2n) is 3.47. The summed E-state index contributed by atoms with van der Waals surface area (Å²) in [6.45, 7) is 0. The number of hydrogen-bond donors (Lipinski definition) is 1. The van der Waals surface area contributed by atoms with Crippen molar-refractivity contribution < 1.29 is 9.90 Å². The van der Waals surface area contributed by atoms with E-state index in [1.165, 1.54) is 0 Å². The zero-order valence-corrected chi connectivity index (χ0v) is 8.99. The van der Waals surface area contributed by atoms with E-state index < -0.39 is 5.97 Å². The van der Waals surface area contributed by atoms with Crippen molar-refractivity contribution in [3.05, 3.63) is 41.4 Å². The summed E-state index contributed by atoms with van der Waals surface area (Å²) >= 11 is 1.60. The number of fused-ring (bicyclic) bond motifs is 3. The minimum Gasteiger partial charge on any atom is -0.478 e. The summed E-state index contributed by atoms with van der Waals surface area (Å²) < 4.78 is 1.09. The van der Waals surface area contributed by atoms with Gasteiger partial charge in [0.05, 0.1) is 11.1 Å². The lowest BCUT2D eigenvalue weighted by molar-refractivity contribution is 0.0699. The second kappa shape index (κ2) is 3.28. The lowest BCUT2D eigenvalue weighted by Gasteiger charge is -2.01. The van der Waals surface area contributed by atoms with Gasteiger partial charge in [-0.15, -0.1) is 11.3 Å². The smallest absolute Gasteiger partial charge is 0.337 e. The molecule has 0 aliphatic carbocycles. The van der Waals surface area contributed by atoms with Crippen LogP contribution in [0.25, 0.3) is 21.0 Å². The van der Waals surface area contributed by atoms with Crippen LogP contribution in [0, 0.1) is 0 Å². The molecule has 0 fully saturated rings. The van der Waals surface area contributed by atoms with E-state index in [0.717, 1.165) is 15.5 Å². The Morgan fingerprint density at radius 1 is 1.31 bits per heavy atom. The van der Waals surface area contributed by atoms with Crippen LogP contribution in [0.1, 0.15) is 10.4 Å². The van der Waals surface area contributed by atoms with E-state index in [1.54, 1.807) is 29.7 Å². The first-order chi connectivity index (χ1) is 7.77. The summed E-state index contributed by atoms with van der Waals surface area (Å²) in [5.74, 6) is -0.936. The molecule has 0 amide bonds. The standard InChI is InChI=1S/C12H7NO2S/c14-12(15)9-3-1-2-8-10(9)13-6-7-4-5-16-11(7)8/h1-6H,(H,14,15). The number of pyridine rings is 1. The Morgan fingerprint density at radius 2 is 2.19 bits per heavy atom. The van der Waals surface area contributed by atoms with Gasteiger partial charge in [-0.25, -0.2) is 4.79 Å². The molecule has 78 valence electrons. The van der Waals surface area contributed by atoms with Crippen molar-refractivity contribution in [2.45, 2.75) is 0 Å². The SMILES string of the molecule is O=C(O)c1cccc2c1ncc1ccsc12. The lowest BCUT2D eigenvalue weighted by Crippen LogP contribution is -1.98. The molecule has 1 N–H and O–H groups in total. The molecule has 0 spiro atoms. The Morgan fingerprint density at radius 3 is 3.00 bits per heavy atom. The number of carbonyl (C=O) groups is 1. The van der Waals surface area contributed by atoms with Gasteiger partial charge in [-0.1, -0.05) is 12.1 Å². The molecular formula is C12H7NO2S. The van der Waals surface area contributed by atoms with E-state index in [2.05, 4.69) is 4.98 Å². The Labute approximate surface area is 95.0 Å². The first-order valence-electron chi connectivity index (χ1n) is 4.75. The summed E-state index contributed by atoms with van der Waals surface area (Å²) in [4.78, 5) is 15.3. The van der Waals surface area contributed by atoms with E-state index in [1.807, 2.05) is 17.5 Å². The molecule has 0 aliphatic heterocycles. The molecule has 0 saturated heterocycles. The summed E-state index contributed by atoms with van der Waals surface area (Å²) in [6, 6.07) is 7.23. The Balaban J connectivity index is 2.53. The maximum Gasteiger partial charge on any atom is 0.337 e. The van der Waals surface area contributed by atoms with Gasteiger partial charge in [-0.2, -0.15) is 0 Å². The summed E-state index contributed by atoms with van der Waals surface area (Å²) in [7, 11) is 0. The van der Waals surface area contributed by atoms with Gasteiger partial charge < -0.3 is 5.11 Å². The molecular weight excluding hydrogens is 222 g/mol. The number of carboxylic acid groups (broad SMARTS) is 1. The molecule has 3 nitrogen and oxygen atoms in total. The molecule has 2 heterocycles. The first kappa shape index (κ1) is 9.30. The molecule has 0 unspecified atom stereocenters. The summed E-state index contributed by atoms with van der Waals surface area (Å²) in [5.41, 5.74) is 0.817. The van der Waals surface area contributed by atoms with E-state index in [-0.39, 0.29) is 5.56 Å². The summed E-state index contributed by atoms with van der Waals surface area (Å²) in [5, 5.41) is 13.0. The van der Waals surface area contributed by atoms with Crippen LogP contribution in [0.15, 0.2) is 35.8 Å². The number of aromatic carboxylic acids is 1. The highest BCUT2D eigenvalue weighted by Crippen LogP contribution is 2.29. The van der Waals surface area contributed by atoms with Crippen LogP contribution < -0.4 is 0 Å². The van der Waals surface area contributed by atoms with Crippen LogP contribution in [-0.2, 0) is 0 Å². The largest absolute Gasteiger partial charge is 0.478 e. The Kier molecular flexibility index (Phi) is 1.91. The van der Waals surface area contributed by atoms with Crippen molar-refractivity contribution in [3.8, 4) is 0 Å². The minimum atomic E-state index is -0.936. The third-order valence-electron chi connectivity index (χ3n) is 2.54. The molecule has 2 aromatic heterocycles. The van der Waals surface area contributed by atoms with Crippen molar-refractivity contribution in [1.29, 1.82) is 0 Å². The number of nitrogens with zero attached hydrogens (tertiary/aromatic N) is 1. The average Bonchev–Trinajstić information content (AvgIpc) is 2.76. The van der Waals surface area contributed by atoms with Crippen LogP contribution in [0.5, 0.6) is 0 Å². The van der Waals surface area contributed by atoms with E-state index in [9.17, 15) is 4.79 Å². The first-order valence-corrected chi connectivity index (χ1v) is 5.63. The molecule has 0 aliphatic rings. The fourth-order valence-corrected chi connectivity index (χ4v) is 2.71. The van der Waals surface area contributed by atoms with Crippen molar-refractivity contribution in [2.24, 2.45) is 0 Å². The topological polar surface area (TPSA) is 50.2 Å². The minimum absolute atomic E-state index is 0.257. The number of benzene rings is 1. The predicted octanol–water partition coefficient (Wildman–Crippen LogP) is 3.15. The van der Waals surface area contributed by atoms with Crippen LogP contribution in [0.4, 0.5) is 0 Å².